The van der Waals surface area contributed by atoms with Gasteiger partial charge in [-0.05, 0) is 59.5 Å². The topological polar surface area (TPSA) is 100 Å². The molecule has 9 heteroatoms. The van der Waals surface area contributed by atoms with Crippen LogP contribution in [0.2, 0.25) is 0 Å². The Morgan fingerprint density at radius 1 is 0.923 bits per heavy atom. The summed E-state index contributed by atoms with van der Waals surface area (Å²) in [7, 11) is 0. The summed E-state index contributed by atoms with van der Waals surface area (Å²) in [6, 6.07) is 23.8. The molecule has 0 saturated heterocycles. The Morgan fingerprint density at radius 3 is 2.28 bits per heavy atom. The fourth-order valence-electron chi connectivity index (χ4n) is 3.51. The zero-order chi connectivity index (χ0) is 27.6. The lowest BCUT2D eigenvalue weighted by Crippen LogP contribution is -2.30. The molecule has 3 N–H and O–H groups in total. The molecule has 0 aliphatic carbocycles. The zero-order valence-electron chi connectivity index (χ0n) is 21.5. The van der Waals surface area contributed by atoms with Crippen LogP contribution in [0.3, 0.4) is 0 Å². The number of hydrogen-bond donors (Lipinski definition) is 3. The van der Waals surface area contributed by atoms with E-state index in [2.05, 4.69) is 34.8 Å². The maximum atomic E-state index is 13.3. The van der Waals surface area contributed by atoms with Crippen LogP contribution in [0.4, 0.5) is 10.8 Å². The molecule has 0 aliphatic heterocycles. The van der Waals surface area contributed by atoms with E-state index < -0.39 is 5.91 Å². The predicted octanol–water partition coefficient (Wildman–Crippen LogP) is 6.41. The molecule has 4 aromatic rings. The number of aromatic nitrogens is 1. The Bertz CT molecular complexity index is 1430. The van der Waals surface area contributed by atoms with Crippen LogP contribution in [-0.2, 0) is 9.59 Å². The summed E-state index contributed by atoms with van der Waals surface area (Å²) >= 11 is 2.74. The van der Waals surface area contributed by atoms with Crippen LogP contribution in [-0.4, -0.2) is 28.5 Å². The van der Waals surface area contributed by atoms with Crippen molar-refractivity contribution >= 4 is 57.7 Å². The summed E-state index contributed by atoms with van der Waals surface area (Å²) in [4.78, 5) is 43.1. The standard InChI is InChI=1S/C30H28N4O3S2/c1-20(2)22-10-8-21(9-11-22)18-26(33-28(36)23-6-4-3-5-7-23)29(37)32-24-12-14-25(15-13-24)39-19-27(35)34-30-31-16-17-38-30/h3-18,20H,19H2,1-2H3,(H,32,37)(H,33,36)(H,31,34,35)/b26-18-. The maximum absolute atomic E-state index is 13.3. The molecule has 4 rings (SSSR count). The number of benzene rings is 3. The van der Waals surface area contributed by atoms with Gasteiger partial charge in [0.1, 0.15) is 5.70 Å². The van der Waals surface area contributed by atoms with Crippen molar-refractivity contribution < 1.29 is 14.4 Å². The van der Waals surface area contributed by atoms with Crippen molar-refractivity contribution in [2.45, 2.75) is 24.7 Å². The van der Waals surface area contributed by atoms with Gasteiger partial charge in [-0.3, -0.25) is 14.4 Å². The first-order valence-electron chi connectivity index (χ1n) is 12.3. The van der Waals surface area contributed by atoms with E-state index in [-0.39, 0.29) is 23.3 Å². The average molecular weight is 557 g/mol. The van der Waals surface area contributed by atoms with Crippen molar-refractivity contribution in [3.63, 3.8) is 0 Å². The summed E-state index contributed by atoms with van der Waals surface area (Å²) in [5.41, 5.74) is 3.11. The number of nitrogens with zero attached hydrogens (tertiary/aromatic N) is 1. The lowest BCUT2D eigenvalue weighted by molar-refractivity contribution is -0.114. The van der Waals surface area contributed by atoms with E-state index in [1.807, 2.05) is 42.5 Å². The Kier molecular flexibility index (Phi) is 9.66. The minimum atomic E-state index is -0.449. The third kappa shape index (κ3) is 8.39. The first-order valence-corrected chi connectivity index (χ1v) is 14.2. The van der Waals surface area contributed by atoms with Crippen LogP contribution in [0.1, 0.15) is 41.3 Å². The minimum absolute atomic E-state index is 0.124. The predicted molar refractivity (Wildman–Crippen MR) is 159 cm³/mol. The molecule has 1 aromatic heterocycles. The van der Waals surface area contributed by atoms with Gasteiger partial charge in [0.2, 0.25) is 5.91 Å². The third-order valence-corrected chi connectivity index (χ3v) is 7.30. The molecular weight excluding hydrogens is 528 g/mol. The molecule has 1 heterocycles. The Labute approximate surface area is 235 Å². The summed E-state index contributed by atoms with van der Waals surface area (Å²) < 4.78 is 0. The number of rotatable bonds is 10. The number of thioether (sulfide) groups is 1. The normalized spacial score (nSPS) is 11.2. The van der Waals surface area contributed by atoms with E-state index in [0.29, 0.717) is 22.3 Å². The fourth-order valence-corrected chi connectivity index (χ4v) is 4.75. The van der Waals surface area contributed by atoms with Gasteiger partial charge >= 0.3 is 0 Å². The highest BCUT2D eigenvalue weighted by atomic mass is 32.2. The summed E-state index contributed by atoms with van der Waals surface area (Å²) in [6.45, 7) is 4.23. The van der Waals surface area contributed by atoms with Gasteiger partial charge in [-0.1, -0.05) is 56.3 Å². The van der Waals surface area contributed by atoms with Crippen molar-refractivity contribution in [1.82, 2.24) is 10.3 Å². The van der Waals surface area contributed by atoms with Gasteiger partial charge in [0.05, 0.1) is 5.75 Å². The molecule has 0 aliphatic rings. The van der Waals surface area contributed by atoms with Crippen LogP contribution in [0.15, 0.2) is 101 Å². The minimum Gasteiger partial charge on any atom is -0.321 e. The van der Waals surface area contributed by atoms with Crippen LogP contribution >= 0.6 is 23.1 Å². The first-order chi connectivity index (χ1) is 18.9. The highest BCUT2D eigenvalue weighted by Gasteiger charge is 2.15. The highest BCUT2D eigenvalue weighted by molar-refractivity contribution is 8.00. The zero-order valence-corrected chi connectivity index (χ0v) is 23.1. The van der Waals surface area contributed by atoms with Crippen molar-refractivity contribution in [2.24, 2.45) is 0 Å². The monoisotopic (exact) mass is 556 g/mol. The quantitative estimate of drug-likeness (QED) is 0.155. The molecule has 0 saturated carbocycles. The Balaban J connectivity index is 1.43. The second-order valence-corrected chi connectivity index (χ2v) is 10.8. The van der Waals surface area contributed by atoms with Crippen molar-refractivity contribution in [3.8, 4) is 0 Å². The molecule has 3 aromatic carbocycles. The molecule has 39 heavy (non-hydrogen) atoms. The molecule has 0 spiro atoms. The number of carbonyl (C=O) groups excluding carboxylic acids is 3. The van der Waals surface area contributed by atoms with E-state index in [0.717, 1.165) is 10.5 Å². The number of thiazole rings is 1. The summed E-state index contributed by atoms with van der Waals surface area (Å²) in [5, 5.41) is 10.7. The third-order valence-electron chi connectivity index (χ3n) is 5.60. The van der Waals surface area contributed by atoms with E-state index >= 15 is 0 Å². The van der Waals surface area contributed by atoms with Gasteiger partial charge in [0, 0.05) is 27.7 Å². The molecule has 0 radical (unpaired) electrons. The summed E-state index contributed by atoms with van der Waals surface area (Å²) in [5.74, 6) is -0.344. The summed E-state index contributed by atoms with van der Waals surface area (Å²) in [6.07, 6.45) is 3.29. The second-order valence-electron chi connectivity index (χ2n) is 8.85. The Morgan fingerprint density at radius 2 is 1.64 bits per heavy atom. The molecule has 0 atom stereocenters. The number of hydrogen-bond acceptors (Lipinski definition) is 6. The maximum Gasteiger partial charge on any atom is 0.272 e. The lowest BCUT2D eigenvalue weighted by Gasteiger charge is -2.12. The van der Waals surface area contributed by atoms with Crippen molar-refractivity contribution in [1.29, 1.82) is 0 Å². The molecule has 0 bridgehead atoms. The number of amides is 3. The SMILES string of the molecule is CC(C)c1ccc(/C=C(\NC(=O)c2ccccc2)C(=O)Nc2ccc(SCC(=O)Nc3nccs3)cc2)cc1. The number of nitrogens with one attached hydrogen (secondary N) is 3. The van der Waals surface area contributed by atoms with Gasteiger partial charge in [0.25, 0.3) is 11.8 Å². The molecule has 0 fully saturated rings. The van der Waals surface area contributed by atoms with Gasteiger partial charge in [-0.25, -0.2) is 4.98 Å². The molecule has 3 amide bonds. The molecular formula is C30H28N4O3S2. The molecule has 7 nitrogen and oxygen atoms in total. The second kappa shape index (κ2) is 13.5. The van der Waals surface area contributed by atoms with Crippen LogP contribution < -0.4 is 16.0 Å². The number of carbonyl (C=O) groups is 3. The number of anilines is 2. The largest absolute Gasteiger partial charge is 0.321 e. The fraction of sp³-hybridized carbons (Fsp3) is 0.133. The molecule has 0 unspecified atom stereocenters. The van der Waals surface area contributed by atoms with Gasteiger partial charge in [-0.2, -0.15) is 0 Å². The Hall–Kier alpha value is -4.21. The van der Waals surface area contributed by atoms with E-state index in [1.165, 1.54) is 28.7 Å². The first kappa shape index (κ1) is 27.8. The molecule has 198 valence electrons. The smallest absolute Gasteiger partial charge is 0.272 e. The average Bonchev–Trinajstić information content (AvgIpc) is 3.46. The highest BCUT2D eigenvalue weighted by Crippen LogP contribution is 2.22. The van der Waals surface area contributed by atoms with Gasteiger partial charge < -0.3 is 16.0 Å². The van der Waals surface area contributed by atoms with Crippen LogP contribution in [0, 0.1) is 0 Å². The van der Waals surface area contributed by atoms with Crippen LogP contribution in [0.25, 0.3) is 6.08 Å². The van der Waals surface area contributed by atoms with Gasteiger partial charge in [-0.15, -0.1) is 23.1 Å². The van der Waals surface area contributed by atoms with Crippen molar-refractivity contribution in [3.05, 3.63) is 113 Å². The van der Waals surface area contributed by atoms with Crippen molar-refractivity contribution in [2.75, 3.05) is 16.4 Å². The van der Waals surface area contributed by atoms with E-state index in [9.17, 15) is 14.4 Å². The lowest BCUT2D eigenvalue weighted by atomic mass is 10.0. The van der Waals surface area contributed by atoms with Gasteiger partial charge in [0.15, 0.2) is 5.13 Å². The van der Waals surface area contributed by atoms with E-state index in [4.69, 9.17) is 0 Å². The van der Waals surface area contributed by atoms with Crippen LogP contribution in [0.5, 0.6) is 0 Å². The van der Waals surface area contributed by atoms with E-state index in [1.54, 1.807) is 54.1 Å².